The van der Waals surface area contributed by atoms with Crippen LogP contribution < -0.4 is 0 Å². The van der Waals surface area contributed by atoms with Crippen LogP contribution in [0.3, 0.4) is 0 Å². The Kier molecular flexibility index (Phi) is 3.17. The van der Waals surface area contributed by atoms with E-state index in [1.165, 1.54) is 0 Å². The third-order valence-electron chi connectivity index (χ3n) is 2.35. The molecule has 2 rings (SSSR count). The van der Waals surface area contributed by atoms with E-state index in [0.29, 0.717) is 17.9 Å². The second kappa shape index (κ2) is 4.46. The third-order valence-corrected chi connectivity index (χ3v) is 2.99. The van der Waals surface area contributed by atoms with Crippen LogP contribution in [-0.2, 0) is 6.54 Å². The summed E-state index contributed by atoms with van der Waals surface area (Å²) in [6, 6.07) is 3.66. The van der Waals surface area contributed by atoms with Crippen LogP contribution in [0.15, 0.2) is 22.8 Å². The van der Waals surface area contributed by atoms with Gasteiger partial charge in [0.2, 0.25) is 0 Å². The van der Waals surface area contributed by atoms with Crippen molar-refractivity contribution in [2.45, 2.75) is 6.54 Å². The van der Waals surface area contributed by atoms with Crippen LogP contribution in [0.5, 0.6) is 0 Å². The molecule has 0 spiro atoms. The summed E-state index contributed by atoms with van der Waals surface area (Å²) < 4.78 is 2.53. The van der Waals surface area contributed by atoms with Crippen LogP contribution in [0.2, 0.25) is 0 Å². The van der Waals surface area contributed by atoms with E-state index >= 15 is 0 Å². The predicted molar refractivity (Wildman–Crippen MR) is 67.2 cm³/mol. The molecule has 0 unspecified atom stereocenters. The number of imidazole rings is 1. The molecule has 0 amide bonds. The SMILES string of the molecule is CN(C)Cc1nc(C(=O)O)c2c(Br)cccn12. The summed E-state index contributed by atoms with van der Waals surface area (Å²) in [5.41, 5.74) is 0.672. The van der Waals surface area contributed by atoms with E-state index in [1.54, 1.807) is 4.40 Å². The first-order valence-electron chi connectivity index (χ1n) is 5.04. The van der Waals surface area contributed by atoms with Gasteiger partial charge in [0.15, 0.2) is 5.69 Å². The summed E-state index contributed by atoms with van der Waals surface area (Å²) in [6.07, 6.45) is 1.82. The monoisotopic (exact) mass is 297 g/mol. The number of nitrogens with zero attached hydrogens (tertiary/aromatic N) is 3. The van der Waals surface area contributed by atoms with Crippen molar-refractivity contribution in [1.29, 1.82) is 0 Å². The number of hydrogen-bond acceptors (Lipinski definition) is 3. The lowest BCUT2D eigenvalue weighted by Gasteiger charge is -2.08. The molecule has 0 atom stereocenters. The van der Waals surface area contributed by atoms with Crippen LogP contribution in [0.25, 0.3) is 5.52 Å². The lowest BCUT2D eigenvalue weighted by Crippen LogP contribution is -2.13. The number of rotatable bonds is 3. The zero-order chi connectivity index (χ0) is 12.6. The van der Waals surface area contributed by atoms with Crippen LogP contribution >= 0.6 is 15.9 Å². The van der Waals surface area contributed by atoms with Crippen LogP contribution in [-0.4, -0.2) is 39.5 Å². The molecule has 0 aromatic carbocycles. The van der Waals surface area contributed by atoms with Gasteiger partial charge in [-0.2, -0.15) is 0 Å². The highest BCUT2D eigenvalue weighted by Gasteiger charge is 2.18. The first-order chi connectivity index (χ1) is 8.00. The molecule has 0 fully saturated rings. The average molecular weight is 298 g/mol. The lowest BCUT2D eigenvalue weighted by molar-refractivity contribution is 0.0693. The summed E-state index contributed by atoms with van der Waals surface area (Å²) in [4.78, 5) is 17.3. The summed E-state index contributed by atoms with van der Waals surface area (Å²) >= 11 is 3.36. The summed E-state index contributed by atoms with van der Waals surface area (Å²) in [7, 11) is 3.83. The molecule has 0 aliphatic rings. The summed E-state index contributed by atoms with van der Waals surface area (Å²) in [5, 5.41) is 9.14. The molecule has 0 saturated carbocycles. The van der Waals surface area contributed by atoms with Crippen molar-refractivity contribution >= 4 is 27.4 Å². The molecule has 2 aromatic heterocycles. The minimum absolute atomic E-state index is 0.0781. The minimum Gasteiger partial charge on any atom is -0.476 e. The number of aromatic nitrogens is 2. The van der Waals surface area contributed by atoms with Crippen molar-refractivity contribution in [3.63, 3.8) is 0 Å². The Balaban J connectivity index is 2.71. The maximum Gasteiger partial charge on any atom is 0.356 e. The quantitative estimate of drug-likeness (QED) is 0.939. The third kappa shape index (κ3) is 2.18. The first kappa shape index (κ1) is 12.1. The Morgan fingerprint density at radius 2 is 2.29 bits per heavy atom. The van der Waals surface area contributed by atoms with Crippen molar-refractivity contribution in [3.05, 3.63) is 34.3 Å². The van der Waals surface area contributed by atoms with E-state index in [9.17, 15) is 4.79 Å². The number of aromatic carboxylic acids is 1. The van der Waals surface area contributed by atoms with Crippen molar-refractivity contribution in [1.82, 2.24) is 14.3 Å². The Labute approximate surface area is 107 Å². The molecular weight excluding hydrogens is 286 g/mol. The normalized spacial score (nSPS) is 11.3. The second-order valence-corrected chi connectivity index (χ2v) is 4.85. The first-order valence-corrected chi connectivity index (χ1v) is 5.83. The molecule has 2 aromatic rings. The summed E-state index contributed by atoms with van der Waals surface area (Å²) in [6.45, 7) is 0.588. The molecule has 0 aliphatic carbocycles. The number of hydrogen-bond donors (Lipinski definition) is 1. The highest BCUT2D eigenvalue weighted by molar-refractivity contribution is 9.10. The van der Waals surface area contributed by atoms with Crippen molar-refractivity contribution in [2.24, 2.45) is 0 Å². The molecule has 90 valence electrons. The smallest absolute Gasteiger partial charge is 0.356 e. The largest absolute Gasteiger partial charge is 0.476 e. The molecule has 17 heavy (non-hydrogen) atoms. The van der Waals surface area contributed by atoms with Crippen molar-refractivity contribution in [2.75, 3.05) is 14.1 Å². The zero-order valence-corrected chi connectivity index (χ0v) is 11.1. The van der Waals surface area contributed by atoms with Crippen LogP contribution in [0.1, 0.15) is 16.3 Å². The molecule has 0 saturated heterocycles. The second-order valence-electron chi connectivity index (χ2n) is 3.99. The van der Waals surface area contributed by atoms with E-state index < -0.39 is 5.97 Å². The van der Waals surface area contributed by atoms with Gasteiger partial charge >= 0.3 is 5.97 Å². The number of halogens is 1. The average Bonchev–Trinajstić information content (AvgIpc) is 2.58. The highest BCUT2D eigenvalue weighted by atomic mass is 79.9. The zero-order valence-electron chi connectivity index (χ0n) is 9.51. The Morgan fingerprint density at radius 3 is 2.88 bits per heavy atom. The maximum absolute atomic E-state index is 11.2. The number of carboxylic acid groups (broad SMARTS) is 1. The molecule has 2 heterocycles. The van der Waals surface area contributed by atoms with Gasteiger partial charge in [0.25, 0.3) is 0 Å². The van der Waals surface area contributed by atoms with Gasteiger partial charge in [-0.1, -0.05) is 0 Å². The van der Waals surface area contributed by atoms with Crippen LogP contribution in [0.4, 0.5) is 0 Å². The molecule has 0 bridgehead atoms. The topological polar surface area (TPSA) is 57.8 Å². The maximum atomic E-state index is 11.2. The van der Waals surface area contributed by atoms with E-state index in [4.69, 9.17) is 5.11 Å². The van der Waals surface area contributed by atoms with Gasteiger partial charge in [-0.3, -0.25) is 0 Å². The highest BCUT2D eigenvalue weighted by Crippen LogP contribution is 2.23. The Hall–Kier alpha value is -1.40. The van der Waals surface area contributed by atoms with E-state index in [1.807, 2.05) is 37.3 Å². The Morgan fingerprint density at radius 1 is 1.59 bits per heavy atom. The van der Waals surface area contributed by atoms with Gasteiger partial charge in [-0.05, 0) is 42.2 Å². The van der Waals surface area contributed by atoms with Crippen LogP contribution in [0, 0.1) is 0 Å². The fraction of sp³-hybridized carbons (Fsp3) is 0.273. The van der Waals surface area contributed by atoms with Gasteiger partial charge in [0, 0.05) is 10.7 Å². The van der Waals surface area contributed by atoms with Gasteiger partial charge in [-0.15, -0.1) is 0 Å². The fourth-order valence-electron chi connectivity index (χ4n) is 1.70. The molecular formula is C11H12BrN3O2. The van der Waals surface area contributed by atoms with Gasteiger partial charge in [0.05, 0.1) is 12.1 Å². The molecule has 5 nitrogen and oxygen atoms in total. The van der Waals surface area contributed by atoms with E-state index in [-0.39, 0.29) is 5.69 Å². The van der Waals surface area contributed by atoms with Gasteiger partial charge in [0.1, 0.15) is 5.82 Å². The molecule has 6 heteroatoms. The summed E-state index contributed by atoms with van der Waals surface area (Å²) in [5.74, 6) is -0.303. The van der Waals surface area contributed by atoms with Crippen molar-refractivity contribution in [3.8, 4) is 0 Å². The van der Waals surface area contributed by atoms with E-state index in [0.717, 1.165) is 4.47 Å². The molecule has 0 radical (unpaired) electrons. The fourth-order valence-corrected chi connectivity index (χ4v) is 2.24. The van der Waals surface area contributed by atoms with Gasteiger partial charge < -0.3 is 14.4 Å². The van der Waals surface area contributed by atoms with Crippen molar-refractivity contribution < 1.29 is 9.90 Å². The molecule has 0 aliphatic heterocycles. The number of carbonyl (C=O) groups is 1. The Bertz CT molecular complexity index is 577. The number of pyridine rings is 1. The number of fused-ring (bicyclic) bond motifs is 1. The minimum atomic E-state index is -1.01. The molecule has 1 N–H and O–H groups in total. The standard InChI is InChI=1S/C11H12BrN3O2/c1-14(2)6-8-13-9(11(16)17)10-7(12)4-3-5-15(8)10/h3-5H,6H2,1-2H3,(H,16,17). The van der Waals surface area contributed by atoms with E-state index in [2.05, 4.69) is 20.9 Å². The van der Waals surface area contributed by atoms with Gasteiger partial charge in [-0.25, -0.2) is 9.78 Å². The number of carboxylic acids is 1. The predicted octanol–water partition coefficient (Wildman–Crippen LogP) is 1.86. The lowest BCUT2D eigenvalue weighted by atomic mass is 10.3.